The average molecular weight is 404 g/mol. The van der Waals surface area contributed by atoms with Gasteiger partial charge >= 0.3 is 11.9 Å². The molecule has 0 aromatic heterocycles. The van der Waals surface area contributed by atoms with Crippen LogP contribution >= 0.6 is 0 Å². The summed E-state index contributed by atoms with van der Waals surface area (Å²) >= 11 is 0. The molecule has 5 nitrogen and oxygen atoms in total. The van der Waals surface area contributed by atoms with Gasteiger partial charge in [-0.1, -0.05) is 12.7 Å². The molecule has 0 fully saturated rings. The fourth-order valence-corrected chi connectivity index (χ4v) is 1.98. The van der Waals surface area contributed by atoms with E-state index in [1.807, 2.05) is 0 Å². The zero-order valence-corrected chi connectivity index (χ0v) is 16.0. The number of ether oxygens (including phenoxy) is 2. The van der Waals surface area contributed by atoms with Crippen LogP contribution in [0.1, 0.15) is 50.5 Å². The molecule has 0 aliphatic carbocycles. The minimum absolute atomic E-state index is 0.543. The Kier molecular flexibility index (Phi) is 6.76. The van der Waals surface area contributed by atoms with Crippen LogP contribution in [-0.2, 0) is 19.1 Å². The smallest absolute Gasteiger partial charge is 0.344 e. The van der Waals surface area contributed by atoms with E-state index >= 15 is 0 Å². The van der Waals surface area contributed by atoms with E-state index in [9.17, 15) is 31.9 Å². The number of halogens is 4. The topological polar surface area (TPSA) is 69.7 Å². The van der Waals surface area contributed by atoms with E-state index in [-0.39, 0.29) is 0 Å². The monoisotopic (exact) mass is 404 g/mol. The Balaban J connectivity index is 3.22. The van der Waals surface area contributed by atoms with Gasteiger partial charge in [0.25, 0.3) is 0 Å². The second-order valence-corrected chi connectivity index (χ2v) is 7.22. The molecule has 1 atom stereocenters. The van der Waals surface area contributed by atoms with Crippen molar-refractivity contribution in [3.63, 3.8) is 0 Å². The van der Waals surface area contributed by atoms with Crippen LogP contribution in [-0.4, -0.2) is 29.9 Å². The minimum Gasteiger partial charge on any atom is -0.460 e. The lowest BCUT2D eigenvalue weighted by molar-refractivity contribution is -0.171. The zero-order valence-electron chi connectivity index (χ0n) is 16.0. The Morgan fingerprint density at radius 2 is 1.43 bits per heavy atom. The Labute approximate surface area is 159 Å². The quantitative estimate of drug-likeness (QED) is 0.311. The molecule has 0 spiro atoms. The Hall–Kier alpha value is -2.71. The summed E-state index contributed by atoms with van der Waals surface area (Å²) in [6.07, 6.45) is 0.543. The number of esters is 2. The largest absolute Gasteiger partial charge is 0.460 e. The second-order valence-electron chi connectivity index (χ2n) is 7.22. The molecular formula is C19H20F4O5. The number of Topliss-reactive ketones (excluding diaryl/α,β-unsaturated/α-hetero) is 1. The van der Waals surface area contributed by atoms with Crippen molar-refractivity contribution in [1.82, 2.24) is 0 Å². The van der Waals surface area contributed by atoms with Gasteiger partial charge in [0.2, 0.25) is 0 Å². The number of benzene rings is 1. The van der Waals surface area contributed by atoms with Crippen molar-refractivity contribution in [3.05, 3.63) is 41.0 Å². The Morgan fingerprint density at radius 3 is 1.79 bits per heavy atom. The van der Waals surface area contributed by atoms with Crippen molar-refractivity contribution < 1.29 is 41.4 Å². The number of carbonyl (C=O) groups excluding carboxylic acids is 3. The third-order valence-electron chi connectivity index (χ3n) is 3.82. The molecule has 0 radical (unpaired) electrons. The first kappa shape index (κ1) is 23.3. The first-order valence-corrected chi connectivity index (χ1v) is 8.07. The summed E-state index contributed by atoms with van der Waals surface area (Å²) in [6, 6.07) is 0. The van der Waals surface area contributed by atoms with Gasteiger partial charge in [-0.15, -0.1) is 0 Å². The fourth-order valence-electron chi connectivity index (χ4n) is 1.98. The standard InChI is InChI=1S/C19H20F4O5/c1-7-10-12(20)14(22)11(15(23)13(10)21)16(25)27-8-19(6,9(2)24)17(26)28-18(3,4)5/h7H,1,8H2,2-6H3. The van der Waals surface area contributed by atoms with Crippen LogP contribution in [0.3, 0.4) is 0 Å². The van der Waals surface area contributed by atoms with E-state index in [4.69, 9.17) is 4.74 Å². The number of hydrogen-bond acceptors (Lipinski definition) is 5. The number of hydrogen-bond donors (Lipinski definition) is 0. The predicted octanol–water partition coefficient (Wildman–Crippen LogP) is 3.98. The molecule has 0 heterocycles. The Bertz CT molecular complexity index is 813. The SMILES string of the molecule is C=Cc1c(F)c(F)c(C(=O)OCC(C)(C(C)=O)C(=O)OC(C)(C)C)c(F)c1F. The van der Waals surface area contributed by atoms with Crippen LogP contribution in [0.15, 0.2) is 6.58 Å². The van der Waals surface area contributed by atoms with E-state index in [0.717, 1.165) is 13.8 Å². The lowest BCUT2D eigenvalue weighted by Gasteiger charge is -2.29. The van der Waals surface area contributed by atoms with Gasteiger partial charge in [-0.05, 0) is 34.6 Å². The highest BCUT2D eigenvalue weighted by atomic mass is 19.2. The summed E-state index contributed by atoms with van der Waals surface area (Å²) in [5.74, 6) is -11.2. The van der Waals surface area contributed by atoms with Crippen molar-refractivity contribution >= 4 is 23.8 Å². The van der Waals surface area contributed by atoms with Crippen molar-refractivity contribution in [1.29, 1.82) is 0 Å². The molecule has 1 unspecified atom stereocenters. The van der Waals surface area contributed by atoms with Crippen molar-refractivity contribution in [2.45, 2.75) is 40.2 Å². The molecule has 0 aliphatic heterocycles. The van der Waals surface area contributed by atoms with E-state index in [1.165, 1.54) is 20.8 Å². The maximum Gasteiger partial charge on any atom is 0.344 e. The molecule has 0 saturated carbocycles. The molecule has 0 bridgehead atoms. The summed E-state index contributed by atoms with van der Waals surface area (Å²) in [7, 11) is 0. The van der Waals surface area contributed by atoms with Gasteiger partial charge in [-0.3, -0.25) is 9.59 Å². The van der Waals surface area contributed by atoms with Crippen molar-refractivity contribution in [2.24, 2.45) is 5.41 Å². The molecule has 28 heavy (non-hydrogen) atoms. The van der Waals surface area contributed by atoms with Crippen LogP contribution in [0.2, 0.25) is 0 Å². The normalized spacial score (nSPS) is 13.5. The molecule has 0 N–H and O–H groups in total. The van der Waals surface area contributed by atoms with E-state index < -0.39 is 69.7 Å². The van der Waals surface area contributed by atoms with E-state index in [2.05, 4.69) is 11.3 Å². The van der Waals surface area contributed by atoms with Gasteiger partial charge in [0.15, 0.2) is 28.7 Å². The molecule has 1 aromatic rings. The highest BCUT2D eigenvalue weighted by Crippen LogP contribution is 2.28. The first-order chi connectivity index (χ1) is 12.7. The van der Waals surface area contributed by atoms with E-state index in [0.29, 0.717) is 6.08 Å². The zero-order chi connectivity index (χ0) is 22.0. The second kappa shape index (κ2) is 8.12. The summed E-state index contributed by atoms with van der Waals surface area (Å²) < 4.78 is 65.3. The molecule has 1 aromatic carbocycles. The van der Waals surface area contributed by atoms with Gasteiger partial charge in [-0.25, -0.2) is 22.4 Å². The number of rotatable bonds is 6. The number of carbonyl (C=O) groups is 3. The summed E-state index contributed by atoms with van der Waals surface area (Å²) in [6.45, 7) is 8.81. The van der Waals surface area contributed by atoms with Crippen LogP contribution < -0.4 is 0 Å². The predicted molar refractivity (Wildman–Crippen MR) is 91.3 cm³/mol. The van der Waals surface area contributed by atoms with Crippen LogP contribution in [0.4, 0.5) is 17.6 Å². The van der Waals surface area contributed by atoms with Crippen LogP contribution in [0, 0.1) is 28.7 Å². The van der Waals surface area contributed by atoms with Gasteiger partial charge < -0.3 is 9.47 Å². The molecule has 9 heteroatoms. The minimum atomic E-state index is -1.99. The average Bonchev–Trinajstić information content (AvgIpc) is 2.56. The first-order valence-electron chi connectivity index (χ1n) is 8.07. The molecule has 154 valence electrons. The third-order valence-corrected chi connectivity index (χ3v) is 3.82. The summed E-state index contributed by atoms with van der Waals surface area (Å²) in [5, 5.41) is 0. The maximum absolute atomic E-state index is 14.0. The third kappa shape index (κ3) is 4.58. The van der Waals surface area contributed by atoms with E-state index in [1.54, 1.807) is 0 Å². The molecular weight excluding hydrogens is 384 g/mol. The molecule has 0 aliphatic rings. The highest BCUT2D eigenvalue weighted by Gasteiger charge is 2.44. The summed E-state index contributed by atoms with van der Waals surface area (Å²) in [4.78, 5) is 36.2. The number of ketones is 1. The lowest BCUT2D eigenvalue weighted by atomic mass is 9.87. The van der Waals surface area contributed by atoms with Crippen LogP contribution in [0.25, 0.3) is 6.08 Å². The summed E-state index contributed by atoms with van der Waals surface area (Å²) in [5.41, 5.74) is -5.68. The molecule has 0 amide bonds. The van der Waals surface area contributed by atoms with Crippen molar-refractivity contribution in [2.75, 3.05) is 6.61 Å². The molecule has 0 saturated heterocycles. The van der Waals surface area contributed by atoms with Crippen LogP contribution in [0.5, 0.6) is 0 Å². The maximum atomic E-state index is 14.0. The lowest BCUT2D eigenvalue weighted by Crippen LogP contribution is -2.44. The van der Waals surface area contributed by atoms with Gasteiger partial charge in [0, 0.05) is 0 Å². The van der Waals surface area contributed by atoms with Gasteiger partial charge in [-0.2, -0.15) is 0 Å². The van der Waals surface area contributed by atoms with Gasteiger partial charge in [0.05, 0.1) is 5.56 Å². The van der Waals surface area contributed by atoms with Gasteiger partial charge in [0.1, 0.15) is 23.6 Å². The molecule has 1 rings (SSSR count). The fraction of sp³-hybridized carbons (Fsp3) is 0.421. The van der Waals surface area contributed by atoms with Crippen molar-refractivity contribution in [3.8, 4) is 0 Å². The highest BCUT2D eigenvalue weighted by molar-refractivity contribution is 6.03. The Morgan fingerprint density at radius 1 is 0.964 bits per heavy atom.